The maximum atomic E-state index is 4.46. The lowest BCUT2D eigenvalue weighted by atomic mass is 10.0. The minimum absolute atomic E-state index is 0.653. The number of likely N-dealkylation sites (tertiary alicyclic amines) is 1. The fourth-order valence-electron chi connectivity index (χ4n) is 3.91. The summed E-state index contributed by atoms with van der Waals surface area (Å²) in [7, 11) is 2.25. The van der Waals surface area contributed by atoms with Gasteiger partial charge in [-0.05, 0) is 57.2 Å². The molecule has 0 saturated carbocycles. The average Bonchev–Trinajstić information content (AvgIpc) is 3.10. The van der Waals surface area contributed by atoms with E-state index in [0.717, 1.165) is 19.5 Å². The average molecular weight is 349 g/mol. The zero-order valence-electron chi connectivity index (χ0n) is 15.5. The summed E-state index contributed by atoms with van der Waals surface area (Å²) < 4.78 is 1.96. The largest absolute Gasteiger partial charge is 0.303 e. The smallest absolute Gasteiger partial charge is 0.0706 e. The Morgan fingerprint density at radius 2 is 1.96 bits per heavy atom. The number of rotatable bonds is 6. The van der Waals surface area contributed by atoms with Crippen molar-refractivity contribution >= 4 is 5.52 Å². The number of piperidine rings is 1. The number of hydrogen-bond acceptors (Lipinski definition) is 4. The third-order valence-corrected chi connectivity index (χ3v) is 5.52. The molecule has 1 saturated heterocycles. The van der Waals surface area contributed by atoms with Crippen LogP contribution in [0.2, 0.25) is 0 Å². The van der Waals surface area contributed by atoms with Gasteiger partial charge in [-0.2, -0.15) is 5.10 Å². The van der Waals surface area contributed by atoms with Gasteiger partial charge in [-0.3, -0.25) is 9.88 Å². The van der Waals surface area contributed by atoms with Crippen molar-refractivity contribution in [3.63, 3.8) is 0 Å². The van der Waals surface area contributed by atoms with Crippen LogP contribution >= 0.6 is 0 Å². The number of fused-ring (bicyclic) bond motifs is 1. The molecule has 5 heteroatoms. The van der Waals surface area contributed by atoms with Gasteiger partial charge in [-0.15, -0.1) is 0 Å². The van der Waals surface area contributed by atoms with E-state index in [4.69, 9.17) is 0 Å². The maximum Gasteiger partial charge on any atom is 0.0706 e. The van der Waals surface area contributed by atoms with Gasteiger partial charge in [0.15, 0.2) is 0 Å². The second-order valence-corrected chi connectivity index (χ2v) is 7.26. The van der Waals surface area contributed by atoms with E-state index >= 15 is 0 Å². The molecule has 1 aliphatic rings. The number of pyridine rings is 2. The molecule has 0 atom stereocenters. The van der Waals surface area contributed by atoms with Crippen LogP contribution < -0.4 is 0 Å². The van der Waals surface area contributed by atoms with Crippen LogP contribution in [0.4, 0.5) is 0 Å². The molecule has 4 heterocycles. The van der Waals surface area contributed by atoms with Crippen LogP contribution in [0.25, 0.3) is 5.52 Å². The normalized spacial score (nSPS) is 16.5. The van der Waals surface area contributed by atoms with Crippen LogP contribution in [0.5, 0.6) is 0 Å². The number of aromatic nitrogens is 3. The summed E-state index contributed by atoms with van der Waals surface area (Å²) in [6.07, 6.45) is 9.42. The van der Waals surface area contributed by atoms with E-state index in [0.29, 0.717) is 6.04 Å². The summed E-state index contributed by atoms with van der Waals surface area (Å²) >= 11 is 0. The van der Waals surface area contributed by atoms with Gasteiger partial charge in [-0.1, -0.05) is 12.1 Å². The molecule has 0 amide bonds. The van der Waals surface area contributed by atoms with Crippen LogP contribution in [-0.4, -0.2) is 57.1 Å². The molecule has 136 valence electrons. The molecule has 3 aromatic heterocycles. The topological polar surface area (TPSA) is 36.7 Å². The summed E-state index contributed by atoms with van der Waals surface area (Å²) in [5, 5.41) is 4.46. The zero-order valence-corrected chi connectivity index (χ0v) is 15.5. The van der Waals surface area contributed by atoms with E-state index < -0.39 is 0 Å². The minimum atomic E-state index is 0.653. The molecule has 0 aromatic carbocycles. The number of nitrogens with zero attached hydrogens (tertiary/aromatic N) is 5. The van der Waals surface area contributed by atoms with Crippen molar-refractivity contribution in [2.75, 3.05) is 26.7 Å². The van der Waals surface area contributed by atoms with Crippen molar-refractivity contribution in [2.24, 2.45) is 0 Å². The molecule has 0 N–H and O–H groups in total. The highest BCUT2D eigenvalue weighted by Crippen LogP contribution is 2.19. The summed E-state index contributed by atoms with van der Waals surface area (Å²) in [6.45, 7) is 4.43. The lowest BCUT2D eigenvalue weighted by molar-refractivity contribution is 0.124. The molecule has 4 rings (SSSR count). The highest BCUT2D eigenvalue weighted by molar-refractivity contribution is 5.53. The predicted molar refractivity (Wildman–Crippen MR) is 104 cm³/mol. The Balaban J connectivity index is 1.27. The molecule has 26 heavy (non-hydrogen) atoms. The van der Waals surface area contributed by atoms with Gasteiger partial charge in [0.2, 0.25) is 0 Å². The molecule has 0 bridgehead atoms. The fraction of sp³-hybridized carbons (Fsp3) is 0.429. The van der Waals surface area contributed by atoms with Gasteiger partial charge in [0.1, 0.15) is 0 Å². The first-order valence-electron chi connectivity index (χ1n) is 9.53. The molecule has 1 fully saturated rings. The molecule has 3 aromatic rings. The minimum Gasteiger partial charge on any atom is -0.303 e. The van der Waals surface area contributed by atoms with Gasteiger partial charge in [0, 0.05) is 49.2 Å². The van der Waals surface area contributed by atoms with Crippen LogP contribution in [0, 0.1) is 0 Å². The molecule has 0 radical (unpaired) electrons. The van der Waals surface area contributed by atoms with Crippen molar-refractivity contribution in [3.8, 4) is 0 Å². The van der Waals surface area contributed by atoms with E-state index in [-0.39, 0.29) is 0 Å². The fourth-order valence-corrected chi connectivity index (χ4v) is 3.91. The van der Waals surface area contributed by atoms with E-state index in [9.17, 15) is 0 Å². The van der Waals surface area contributed by atoms with E-state index in [1.165, 1.54) is 42.7 Å². The molecule has 0 unspecified atom stereocenters. The van der Waals surface area contributed by atoms with Gasteiger partial charge in [0.25, 0.3) is 0 Å². The molecule has 0 spiro atoms. The van der Waals surface area contributed by atoms with Gasteiger partial charge < -0.3 is 4.90 Å². The highest BCUT2D eigenvalue weighted by Gasteiger charge is 2.23. The highest BCUT2D eigenvalue weighted by atomic mass is 15.2. The lowest BCUT2D eigenvalue weighted by Crippen LogP contribution is -2.43. The summed E-state index contributed by atoms with van der Waals surface area (Å²) in [5.41, 5.74) is 3.72. The third kappa shape index (κ3) is 3.94. The standard InChI is InChI=1S/C21H27N5/c1-24(17-18-16-23-26-12-5-3-7-21(18)26)20-9-14-25(15-10-20)13-8-19-6-2-4-11-22-19/h2-7,11-12,16,20H,8-10,13-15,17H2,1H3. The first kappa shape index (κ1) is 17.2. The van der Waals surface area contributed by atoms with Crippen LogP contribution in [0.15, 0.2) is 55.0 Å². The van der Waals surface area contributed by atoms with Crippen molar-refractivity contribution in [3.05, 3.63) is 66.2 Å². The molecule has 5 nitrogen and oxygen atoms in total. The Bertz CT molecular complexity index is 821. The third-order valence-electron chi connectivity index (χ3n) is 5.52. The van der Waals surface area contributed by atoms with Gasteiger partial charge in [0.05, 0.1) is 11.7 Å². The van der Waals surface area contributed by atoms with Crippen molar-refractivity contribution < 1.29 is 0 Å². The quantitative estimate of drug-likeness (QED) is 0.686. The first-order valence-corrected chi connectivity index (χ1v) is 9.53. The van der Waals surface area contributed by atoms with Crippen LogP contribution in [0.3, 0.4) is 0 Å². The summed E-state index contributed by atoms with van der Waals surface area (Å²) in [4.78, 5) is 9.51. The second-order valence-electron chi connectivity index (χ2n) is 7.26. The van der Waals surface area contributed by atoms with Crippen molar-refractivity contribution in [1.82, 2.24) is 24.4 Å². The monoisotopic (exact) mass is 349 g/mol. The predicted octanol–water partition coefficient (Wildman–Crippen LogP) is 2.87. The Kier molecular flexibility index (Phi) is 5.27. The summed E-state index contributed by atoms with van der Waals surface area (Å²) in [6, 6.07) is 13.1. The summed E-state index contributed by atoms with van der Waals surface area (Å²) in [5.74, 6) is 0. The van der Waals surface area contributed by atoms with Crippen LogP contribution in [0.1, 0.15) is 24.1 Å². The lowest BCUT2D eigenvalue weighted by Gasteiger charge is -2.36. The van der Waals surface area contributed by atoms with E-state index in [1.54, 1.807) is 0 Å². The van der Waals surface area contributed by atoms with E-state index in [2.05, 4.69) is 51.2 Å². The Hall–Kier alpha value is -2.24. The number of hydrogen-bond donors (Lipinski definition) is 0. The molecule has 0 aliphatic carbocycles. The maximum absolute atomic E-state index is 4.46. The molecular weight excluding hydrogens is 322 g/mol. The zero-order chi connectivity index (χ0) is 17.8. The van der Waals surface area contributed by atoms with Gasteiger partial charge >= 0.3 is 0 Å². The first-order chi connectivity index (χ1) is 12.8. The van der Waals surface area contributed by atoms with E-state index in [1.807, 2.05) is 35.2 Å². The Labute approximate surface area is 155 Å². The molecule has 1 aliphatic heterocycles. The Morgan fingerprint density at radius 1 is 1.12 bits per heavy atom. The van der Waals surface area contributed by atoms with Crippen molar-refractivity contribution in [1.29, 1.82) is 0 Å². The second kappa shape index (κ2) is 7.98. The SMILES string of the molecule is CN(Cc1cnn2ccccc12)C1CCN(CCc2ccccn2)CC1. The van der Waals surface area contributed by atoms with Gasteiger partial charge in [-0.25, -0.2) is 4.52 Å². The van der Waals surface area contributed by atoms with Crippen molar-refractivity contribution in [2.45, 2.75) is 31.8 Å². The van der Waals surface area contributed by atoms with Crippen LogP contribution in [-0.2, 0) is 13.0 Å². The Morgan fingerprint density at radius 3 is 2.77 bits per heavy atom. The molecular formula is C21H27N5.